The predicted octanol–water partition coefficient (Wildman–Crippen LogP) is 2.88. The second kappa shape index (κ2) is 10.5. The molecule has 0 bridgehead atoms. The number of carbonyl (C=O) groups excluding carboxylic acids is 1. The number of morpholine rings is 1. The maximum atomic E-state index is 13.0. The Hall–Kier alpha value is -2.69. The SMILES string of the molecule is O=C(NCC1CCN(c2ccc(S(=O)(=O)N3CCOCC3)cc2)CC1)Nc1ccc(F)cc1. The Balaban J connectivity index is 1.24. The van der Waals surface area contributed by atoms with Gasteiger partial charge in [-0.15, -0.1) is 0 Å². The maximum absolute atomic E-state index is 13.0. The molecule has 0 aliphatic carbocycles. The molecule has 8 nitrogen and oxygen atoms in total. The van der Waals surface area contributed by atoms with E-state index in [9.17, 15) is 17.6 Å². The van der Waals surface area contributed by atoms with Crippen LogP contribution in [0.3, 0.4) is 0 Å². The molecule has 0 saturated carbocycles. The number of benzene rings is 2. The number of nitrogens with one attached hydrogen (secondary N) is 2. The molecule has 0 unspecified atom stereocenters. The van der Waals surface area contributed by atoms with Crippen molar-refractivity contribution in [3.05, 3.63) is 54.3 Å². The van der Waals surface area contributed by atoms with Gasteiger partial charge in [0.2, 0.25) is 10.0 Å². The molecule has 2 aliphatic rings. The Morgan fingerprint density at radius 3 is 2.24 bits per heavy atom. The summed E-state index contributed by atoms with van der Waals surface area (Å²) >= 11 is 0. The summed E-state index contributed by atoms with van der Waals surface area (Å²) in [5, 5.41) is 5.58. The highest BCUT2D eigenvalue weighted by atomic mass is 32.2. The molecule has 0 radical (unpaired) electrons. The van der Waals surface area contributed by atoms with Gasteiger partial charge in [0.15, 0.2) is 0 Å². The zero-order chi connectivity index (χ0) is 23.3. The van der Waals surface area contributed by atoms with Gasteiger partial charge in [-0.05, 0) is 67.3 Å². The van der Waals surface area contributed by atoms with E-state index >= 15 is 0 Å². The number of carbonyl (C=O) groups is 1. The standard InChI is InChI=1S/C23H29FN4O4S/c24-19-1-3-20(4-2-19)26-23(29)25-17-18-9-11-27(12-10-18)21-5-7-22(8-6-21)33(30,31)28-13-15-32-16-14-28/h1-8,18H,9-17H2,(H2,25,26,29). The van der Waals surface area contributed by atoms with E-state index in [1.807, 2.05) is 12.1 Å². The second-order valence-electron chi connectivity index (χ2n) is 8.28. The molecule has 0 spiro atoms. The maximum Gasteiger partial charge on any atom is 0.319 e. The average Bonchev–Trinajstić information content (AvgIpc) is 2.85. The first-order valence-electron chi connectivity index (χ1n) is 11.2. The third kappa shape index (κ3) is 6.01. The molecular formula is C23H29FN4O4S. The minimum atomic E-state index is -3.49. The van der Waals surface area contributed by atoms with Gasteiger partial charge in [-0.1, -0.05) is 0 Å². The summed E-state index contributed by atoms with van der Waals surface area (Å²) < 4.78 is 45.2. The number of anilines is 2. The van der Waals surface area contributed by atoms with Crippen LogP contribution in [0, 0.1) is 11.7 Å². The molecule has 2 aliphatic heterocycles. The van der Waals surface area contributed by atoms with Crippen molar-refractivity contribution in [3.63, 3.8) is 0 Å². The molecule has 2 aromatic rings. The Bertz CT molecular complexity index is 1030. The lowest BCUT2D eigenvalue weighted by molar-refractivity contribution is 0.0730. The minimum absolute atomic E-state index is 0.305. The van der Waals surface area contributed by atoms with Crippen LogP contribution in [-0.4, -0.2) is 64.7 Å². The summed E-state index contributed by atoms with van der Waals surface area (Å²) in [6.45, 7) is 3.85. The van der Waals surface area contributed by atoms with Crippen LogP contribution in [0.2, 0.25) is 0 Å². The molecule has 33 heavy (non-hydrogen) atoms. The van der Waals surface area contributed by atoms with Gasteiger partial charge in [-0.25, -0.2) is 17.6 Å². The van der Waals surface area contributed by atoms with E-state index in [1.165, 1.54) is 28.6 Å². The first-order valence-corrected chi connectivity index (χ1v) is 12.6. The van der Waals surface area contributed by atoms with Crippen molar-refractivity contribution < 1.29 is 22.3 Å². The molecule has 2 heterocycles. The summed E-state index contributed by atoms with van der Waals surface area (Å²) in [7, 11) is -3.49. The topological polar surface area (TPSA) is 91.0 Å². The van der Waals surface area contributed by atoms with Crippen molar-refractivity contribution in [2.45, 2.75) is 17.7 Å². The van der Waals surface area contributed by atoms with E-state index in [0.29, 0.717) is 49.3 Å². The Morgan fingerprint density at radius 2 is 1.61 bits per heavy atom. The lowest BCUT2D eigenvalue weighted by Crippen LogP contribution is -2.40. The van der Waals surface area contributed by atoms with Crippen LogP contribution in [0.25, 0.3) is 0 Å². The Labute approximate surface area is 193 Å². The quantitative estimate of drug-likeness (QED) is 0.669. The van der Waals surface area contributed by atoms with Crippen LogP contribution in [0.5, 0.6) is 0 Å². The number of hydrogen-bond acceptors (Lipinski definition) is 5. The molecule has 0 atom stereocenters. The molecule has 178 valence electrons. The number of halogens is 1. The van der Waals surface area contributed by atoms with E-state index < -0.39 is 10.0 Å². The third-order valence-corrected chi connectivity index (χ3v) is 7.99. The van der Waals surface area contributed by atoms with E-state index in [2.05, 4.69) is 15.5 Å². The van der Waals surface area contributed by atoms with Gasteiger partial charge in [-0.2, -0.15) is 4.31 Å². The molecule has 0 aromatic heterocycles. The number of urea groups is 1. The summed E-state index contributed by atoms with van der Waals surface area (Å²) in [6.07, 6.45) is 1.84. The van der Waals surface area contributed by atoms with Gasteiger partial charge >= 0.3 is 6.03 Å². The monoisotopic (exact) mass is 476 g/mol. The van der Waals surface area contributed by atoms with Crippen molar-refractivity contribution in [2.24, 2.45) is 5.92 Å². The van der Waals surface area contributed by atoms with Crippen LogP contribution in [0.15, 0.2) is 53.4 Å². The fourth-order valence-corrected chi connectivity index (χ4v) is 5.51. The number of amides is 2. The van der Waals surface area contributed by atoms with E-state index in [-0.39, 0.29) is 11.8 Å². The lowest BCUT2D eigenvalue weighted by Gasteiger charge is -2.34. The number of piperidine rings is 1. The highest BCUT2D eigenvalue weighted by molar-refractivity contribution is 7.89. The number of nitrogens with zero attached hydrogens (tertiary/aromatic N) is 2. The van der Waals surface area contributed by atoms with Gasteiger partial charge in [0.1, 0.15) is 5.82 Å². The first kappa shape index (κ1) is 23.5. The number of rotatable bonds is 6. The first-order chi connectivity index (χ1) is 15.9. The van der Waals surface area contributed by atoms with Crippen LogP contribution in [-0.2, 0) is 14.8 Å². The molecule has 2 aromatic carbocycles. The number of hydrogen-bond donors (Lipinski definition) is 2. The highest BCUT2D eigenvalue weighted by Crippen LogP contribution is 2.25. The van der Waals surface area contributed by atoms with Gasteiger partial charge in [0.25, 0.3) is 0 Å². The van der Waals surface area contributed by atoms with Crippen molar-refractivity contribution >= 4 is 27.4 Å². The minimum Gasteiger partial charge on any atom is -0.379 e. The van der Waals surface area contributed by atoms with Gasteiger partial charge in [-0.3, -0.25) is 0 Å². The molecular weight excluding hydrogens is 447 g/mol. The van der Waals surface area contributed by atoms with E-state index in [1.54, 1.807) is 12.1 Å². The highest BCUT2D eigenvalue weighted by Gasteiger charge is 2.27. The van der Waals surface area contributed by atoms with Gasteiger partial charge in [0.05, 0.1) is 18.1 Å². The zero-order valence-electron chi connectivity index (χ0n) is 18.4. The van der Waals surface area contributed by atoms with Crippen molar-refractivity contribution in [1.29, 1.82) is 0 Å². The third-order valence-electron chi connectivity index (χ3n) is 6.08. The summed E-state index contributed by atoms with van der Waals surface area (Å²) in [5.41, 5.74) is 1.54. The molecule has 2 N–H and O–H groups in total. The molecule has 2 amide bonds. The summed E-state index contributed by atoms with van der Waals surface area (Å²) in [6, 6.07) is 12.4. The summed E-state index contributed by atoms with van der Waals surface area (Å²) in [4.78, 5) is 14.6. The van der Waals surface area contributed by atoms with Crippen LogP contribution < -0.4 is 15.5 Å². The van der Waals surface area contributed by atoms with Crippen LogP contribution >= 0.6 is 0 Å². The normalized spacial score (nSPS) is 18.2. The molecule has 10 heteroatoms. The fourth-order valence-electron chi connectivity index (χ4n) is 4.11. The zero-order valence-corrected chi connectivity index (χ0v) is 19.2. The van der Waals surface area contributed by atoms with Gasteiger partial charge in [0, 0.05) is 44.1 Å². The second-order valence-corrected chi connectivity index (χ2v) is 10.2. The van der Waals surface area contributed by atoms with Gasteiger partial charge < -0.3 is 20.3 Å². The predicted molar refractivity (Wildman–Crippen MR) is 124 cm³/mol. The van der Waals surface area contributed by atoms with Crippen LogP contribution in [0.1, 0.15) is 12.8 Å². The number of sulfonamides is 1. The fraction of sp³-hybridized carbons (Fsp3) is 0.435. The largest absolute Gasteiger partial charge is 0.379 e. The summed E-state index contributed by atoms with van der Waals surface area (Å²) in [5.74, 6) is 0.0160. The van der Waals surface area contributed by atoms with E-state index in [4.69, 9.17) is 4.74 Å². The lowest BCUT2D eigenvalue weighted by atomic mass is 9.96. The molecule has 2 fully saturated rings. The Kier molecular flexibility index (Phi) is 7.46. The van der Waals surface area contributed by atoms with Crippen molar-refractivity contribution in [3.8, 4) is 0 Å². The average molecular weight is 477 g/mol. The molecule has 2 saturated heterocycles. The smallest absolute Gasteiger partial charge is 0.319 e. The van der Waals surface area contributed by atoms with Crippen LogP contribution in [0.4, 0.5) is 20.6 Å². The molecule has 4 rings (SSSR count). The van der Waals surface area contributed by atoms with Crippen molar-refractivity contribution in [2.75, 3.05) is 56.2 Å². The van der Waals surface area contributed by atoms with E-state index in [0.717, 1.165) is 31.6 Å². The number of ether oxygens (including phenoxy) is 1. The van der Waals surface area contributed by atoms with Crippen molar-refractivity contribution in [1.82, 2.24) is 9.62 Å². The Morgan fingerprint density at radius 1 is 0.970 bits per heavy atom.